The number of hydrogen-bond acceptors (Lipinski definition) is 3. The molecule has 0 heterocycles. The van der Waals surface area contributed by atoms with Crippen LogP contribution in [0.2, 0.25) is 0 Å². The van der Waals surface area contributed by atoms with E-state index in [2.05, 4.69) is 5.50 Å². The predicted molar refractivity (Wildman–Crippen MR) is 25.6 cm³/mol. The summed E-state index contributed by atoms with van der Waals surface area (Å²) in [6.07, 6.45) is 0. The third-order valence-electron chi connectivity index (χ3n) is 0. The fourth-order valence-corrected chi connectivity index (χ4v) is 0. The lowest BCUT2D eigenvalue weighted by molar-refractivity contribution is 0.485. The molecule has 6 nitrogen and oxygen atoms in total. The van der Waals surface area contributed by atoms with E-state index in [1.54, 1.807) is 0 Å². The Hall–Kier alpha value is -0.380. The second-order valence-electron chi connectivity index (χ2n) is 0.410. The van der Waals surface area contributed by atoms with Gasteiger partial charge in [-0.05, 0) is 0 Å². The molecular weight excluding hydrogens is 119 g/mol. The molecule has 0 aliphatic carbocycles. The van der Waals surface area contributed by atoms with Crippen LogP contribution >= 0.6 is 8.53 Å². The summed E-state index contributed by atoms with van der Waals surface area (Å²) in [6.45, 7) is 0. The highest BCUT2D eigenvalue weighted by molar-refractivity contribution is 7.42. The molecule has 0 saturated heterocycles. The second kappa shape index (κ2) is 9.15. The molecule has 4 N–H and O–H groups in total. The summed E-state index contributed by atoms with van der Waals surface area (Å²) >= 11 is 0. The van der Waals surface area contributed by atoms with Crippen molar-refractivity contribution in [3.05, 3.63) is 16.0 Å². The standard InChI is InChI=1S/N3.H4NO2P/c1-3-2;1-4(2)3/h;2-3H,1H2/q-1;. The van der Waals surface area contributed by atoms with E-state index in [0.29, 0.717) is 0 Å². The van der Waals surface area contributed by atoms with Crippen LogP contribution in [0.15, 0.2) is 0 Å². The topological polar surface area (TPSA) is 125 Å². The second-order valence-corrected chi connectivity index (χ2v) is 1.05. The molecule has 0 bridgehead atoms. The summed E-state index contributed by atoms with van der Waals surface area (Å²) in [4.78, 5) is 16.4. The summed E-state index contributed by atoms with van der Waals surface area (Å²) in [6, 6.07) is 0. The van der Waals surface area contributed by atoms with Gasteiger partial charge in [0.15, 0.2) is 0 Å². The molecule has 0 aliphatic heterocycles. The molecule has 0 aromatic rings. The van der Waals surface area contributed by atoms with E-state index in [1.165, 1.54) is 4.91 Å². The van der Waals surface area contributed by atoms with E-state index in [9.17, 15) is 0 Å². The van der Waals surface area contributed by atoms with Gasteiger partial charge >= 0.3 is 0 Å². The van der Waals surface area contributed by atoms with E-state index in [-0.39, 0.29) is 0 Å². The summed E-state index contributed by atoms with van der Waals surface area (Å²) < 4.78 is 0. The van der Waals surface area contributed by atoms with Crippen LogP contribution in [0.25, 0.3) is 16.0 Å². The minimum absolute atomic E-state index is 1.50. The van der Waals surface area contributed by atoms with Gasteiger partial charge in [0.2, 0.25) is 8.53 Å². The van der Waals surface area contributed by atoms with Gasteiger partial charge in [0.1, 0.15) is 0 Å². The first-order valence-electron chi connectivity index (χ1n) is 1.06. The van der Waals surface area contributed by atoms with E-state index >= 15 is 0 Å². The number of rotatable bonds is 0. The van der Waals surface area contributed by atoms with Crippen LogP contribution in [0.3, 0.4) is 0 Å². The first-order chi connectivity index (χ1) is 3.15. The molecule has 0 unspecified atom stereocenters. The van der Waals surface area contributed by atoms with Crippen LogP contribution in [0.4, 0.5) is 0 Å². The Morgan fingerprint density at radius 1 is 1.43 bits per heavy atom. The average Bonchev–Trinajstić information content (AvgIpc) is 1.33. The van der Waals surface area contributed by atoms with Crippen molar-refractivity contribution in [2.45, 2.75) is 0 Å². The molecule has 0 aliphatic rings. The van der Waals surface area contributed by atoms with Crippen molar-refractivity contribution < 1.29 is 9.79 Å². The zero-order valence-corrected chi connectivity index (χ0v) is 4.16. The van der Waals surface area contributed by atoms with Gasteiger partial charge < -0.3 is 20.8 Å². The Morgan fingerprint density at radius 2 is 1.43 bits per heavy atom. The lowest BCUT2D eigenvalue weighted by atomic mass is 13.0. The minimum atomic E-state index is -2.12. The molecule has 0 radical (unpaired) electrons. The molecule has 0 rings (SSSR count). The highest BCUT2D eigenvalue weighted by atomic mass is 31.2. The normalized spacial score (nSPS) is 6.29. The molecule has 0 amide bonds. The Bertz CT molecular complexity index is 52.0. The van der Waals surface area contributed by atoms with Crippen molar-refractivity contribution in [1.82, 2.24) is 0 Å². The molecule has 7 heavy (non-hydrogen) atoms. The third-order valence-corrected chi connectivity index (χ3v) is 0. The van der Waals surface area contributed by atoms with E-state index in [4.69, 9.17) is 20.8 Å². The van der Waals surface area contributed by atoms with Crippen LogP contribution in [0, 0.1) is 0 Å². The first kappa shape index (κ1) is 9.80. The lowest BCUT2D eigenvalue weighted by Crippen LogP contribution is -1.78. The van der Waals surface area contributed by atoms with Gasteiger partial charge in [0.25, 0.3) is 0 Å². The summed E-state index contributed by atoms with van der Waals surface area (Å²) in [5.41, 5.74) is 17.8. The Kier molecular flexibility index (Phi) is 12.8. The maximum Gasteiger partial charge on any atom is 0.247 e. The van der Waals surface area contributed by atoms with Crippen molar-refractivity contribution in [1.29, 1.82) is 0 Å². The Labute approximate surface area is 41.0 Å². The van der Waals surface area contributed by atoms with E-state index in [0.717, 1.165) is 0 Å². The van der Waals surface area contributed by atoms with Crippen molar-refractivity contribution >= 4 is 8.53 Å². The molecule has 7 heteroatoms. The predicted octanol–water partition coefficient (Wildman–Crippen LogP) is 0.0227. The van der Waals surface area contributed by atoms with Crippen molar-refractivity contribution in [2.75, 3.05) is 0 Å². The van der Waals surface area contributed by atoms with E-state index in [1.807, 2.05) is 0 Å². The zero-order valence-electron chi connectivity index (χ0n) is 3.26. The molecular formula is H4N4O2P-. The summed E-state index contributed by atoms with van der Waals surface area (Å²) in [7, 11) is -2.12. The maximum atomic E-state index is 7.45. The minimum Gasteiger partial charge on any atom is -0.373 e. The quantitative estimate of drug-likeness (QED) is 0.182. The van der Waals surface area contributed by atoms with Crippen LogP contribution < -0.4 is 5.50 Å². The molecule has 0 atom stereocenters. The average molecular weight is 123 g/mol. The largest absolute Gasteiger partial charge is 0.373 e. The van der Waals surface area contributed by atoms with Gasteiger partial charge in [-0.2, -0.15) is 0 Å². The van der Waals surface area contributed by atoms with Crippen LogP contribution in [0.5, 0.6) is 0 Å². The monoisotopic (exact) mass is 123 g/mol. The SMILES string of the molecule is NP(O)O.[N-]=[N+]=[N-]. The van der Waals surface area contributed by atoms with Crippen LogP contribution in [-0.4, -0.2) is 9.79 Å². The van der Waals surface area contributed by atoms with E-state index < -0.39 is 8.53 Å². The smallest absolute Gasteiger partial charge is 0.247 e. The highest BCUT2D eigenvalue weighted by Gasteiger charge is 1.72. The molecule has 0 spiro atoms. The Morgan fingerprint density at radius 3 is 1.43 bits per heavy atom. The number of nitrogens with two attached hydrogens (primary N) is 1. The van der Waals surface area contributed by atoms with Gasteiger partial charge in [-0.15, -0.1) is 0 Å². The van der Waals surface area contributed by atoms with Crippen molar-refractivity contribution in [3.8, 4) is 0 Å². The van der Waals surface area contributed by atoms with Crippen LogP contribution in [0.1, 0.15) is 0 Å². The maximum absolute atomic E-state index is 7.45. The number of hydrogen-bond donors (Lipinski definition) is 3. The molecule has 0 fully saturated rings. The third kappa shape index (κ3) is 510. The summed E-state index contributed by atoms with van der Waals surface area (Å²) in [5.74, 6) is 0. The van der Waals surface area contributed by atoms with Gasteiger partial charge in [0.05, 0.1) is 0 Å². The summed E-state index contributed by atoms with van der Waals surface area (Å²) in [5, 5.41) is 0. The number of nitrogens with zero attached hydrogens (tertiary/aromatic N) is 3. The molecule has 0 aromatic heterocycles. The Balaban J connectivity index is 0. The van der Waals surface area contributed by atoms with Crippen molar-refractivity contribution in [3.63, 3.8) is 0 Å². The molecule has 0 aromatic carbocycles. The zero-order chi connectivity index (χ0) is 6.28. The van der Waals surface area contributed by atoms with Gasteiger partial charge in [0, 0.05) is 0 Å². The fraction of sp³-hybridized carbons (Fsp3) is 0. The van der Waals surface area contributed by atoms with Crippen LogP contribution in [-0.2, 0) is 0 Å². The highest BCUT2D eigenvalue weighted by Crippen LogP contribution is 2.05. The molecule has 0 saturated carbocycles. The van der Waals surface area contributed by atoms with Crippen molar-refractivity contribution in [2.24, 2.45) is 5.50 Å². The molecule has 42 valence electrons. The van der Waals surface area contributed by atoms with Gasteiger partial charge in [-0.3, -0.25) is 10.4 Å². The van der Waals surface area contributed by atoms with Gasteiger partial charge in [-0.1, -0.05) is 0 Å². The fourth-order valence-electron chi connectivity index (χ4n) is 0. The first-order valence-corrected chi connectivity index (χ1v) is 2.37. The lowest BCUT2D eigenvalue weighted by Gasteiger charge is -1.79. The van der Waals surface area contributed by atoms with Gasteiger partial charge in [-0.25, -0.2) is 0 Å².